The number of hydrogen-bond acceptors (Lipinski definition) is 5. The van der Waals surface area contributed by atoms with E-state index in [0.717, 1.165) is 56.4 Å². The average Bonchev–Trinajstić information content (AvgIpc) is 3.13. The summed E-state index contributed by atoms with van der Waals surface area (Å²) < 4.78 is 34.3. The summed E-state index contributed by atoms with van der Waals surface area (Å²) in [6.07, 6.45) is 4.77. The number of aromatic nitrogens is 4. The zero-order chi connectivity index (χ0) is 18.8. The van der Waals surface area contributed by atoms with Gasteiger partial charge in [0.25, 0.3) is 5.78 Å². The fraction of sp³-hybridized carbons (Fsp3) is 0.421. The van der Waals surface area contributed by atoms with E-state index in [9.17, 15) is 8.78 Å². The minimum absolute atomic E-state index is 0.0997. The number of piperidine rings is 1. The van der Waals surface area contributed by atoms with Gasteiger partial charge < -0.3 is 9.64 Å². The van der Waals surface area contributed by atoms with Crippen LogP contribution in [0.15, 0.2) is 30.6 Å². The lowest BCUT2D eigenvalue weighted by molar-refractivity contribution is 0.163. The van der Waals surface area contributed by atoms with Gasteiger partial charge in [-0.3, -0.25) is 0 Å². The molecule has 0 N–H and O–H groups in total. The number of fused-ring (bicyclic) bond motifs is 1. The van der Waals surface area contributed by atoms with Crippen LogP contribution < -0.4 is 9.64 Å². The van der Waals surface area contributed by atoms with Crippen molar-refractivity contribution < 1.29 is 13.5 Å². The van der Waals surface area contributed by atoms with Crippen LogP contribution in [0.3, 0.4) is 0 Å². The number of aryl methyl sites for hydroxylation is 1. The maximum atomic E-state index is 13.8. The fourth-order valence-corrected chi connectivity index (χ4v) is 3.41. The molecule has 0 unspecified atom stereocenters. The smallest absolute Gasteiger partial charge is 0.254 e. The molecule has 0 radical (unpaired) electrons. The molecule has 27 heavy (non-hydrogen) atoms. The van der Waals surface area contributed by atoms with Gasteiger partial charge in [0.1, 0.15) is 24.1 Å². The van der Waals surface area contributed by atoms with E-state index < -0.39 is 11.6 Å². The molecule has 1 aromatic carbocycles. The third-order valence-corrected chi connectivity index (χ3v) is 4.75. The fourth-order valence-electron chi connectivity index (χ4n) is 3.41. The molecule has 1 saturated heterocycles. The highest BCUT2D eigenvalue weighted by atomic mass is 19.1. The van der Waals surface area contributed by atoms with Gasteiger partial charge in [0, 0.05) is 43.8 Å². The molecule has 1 aliphatic rings. The maximum absolute atomic E-state index is 13.8. The number of halogens is 2. The first-order valence-corrected chi connectivity index (χ1v) is 9.20. The number of rotatable bonds is 5. The third-order valence-electron chi connectivity index (χ3n) is 4.75. The molecule has 0 bridgehead atoms. The van der Waals surface area contributed by atoms with Gasteiger partial charge >= 0.3 is 0 Å². The highest BCUT2D eigenvalue weighted by molar-refractivity contribution is 5.47. The summed E-state index contributed by atoms with van der Waals surface area (Å²) in [4.78, 5) is 11.0. The van der Waals surface area contributed by atoms with Gasteiger partial charge in [-0.1, -0.05) is 13.3 Å². The van der Waals surface area contributed by atoms with Gasteiger partial charge in [-0.25, -0.2) is 13.8 Å². The molecule has 3 heterocycles. The van der Waals surface area contributed by atoms with E-state index in [1.807, 2.05) is 0 Å². The predicted octanol–water partition coefficient (Wildman–Crippen LogP) is 3.40. The topological polar surface area (TPSA) is 55.6 Å². The van der Waals surface area contributed by atoms with E-state index in [2.05, 4.69) is 33.0 Å². The quantitative estimate of drug-likeness (QED) is 0.686. The Labute approximate surface area is 155 Å². The van der Waals surface area contributed by atoms with E-state index >= 15 is 0 Å². The van der Waals surface area contributed by atoms with Crippen LogP contribution in [0.25, 0.3) is 5.78 Å². The van der Waals surface area contributed by atoms with Crippen molar-refractivity contribution in [3.63, 3.8) is 0 Å². The summed E-state index contributed by atoms with van der Waals surface area (Å²) >= 11 is 0. The van der Waals surface area contributed by atoms with Gasteiger partial charge in [-0.15, -0.1) is 0 Å². The van der Waals surface area contributed by atoms with Crippen LogP contribution >= 0.6 is 0 Å². The van der Waals surface area contributed by atoms with Crippen LogP contribution in [0.4, 0.5) is 14.6 Å². The van der Waals surface area contributed by atoms with E-state index in [-0.39, 0.29) is 11.9 Å². The molecule has 0 atom stereocenters. The normalized spacial score (nSPS) is 15.4. The summed E-state index contributed by atoms with van der Waals surface area (Å²) in [5.74, 6) is 0.393. The third kappa shape index (κ3) is 3.70. The molecule has 142 valence electrons. The Bertz CT molecular complexity index is 937. The van der Waals surface area contributed by atoms with Crippen LogP contribution in [0.2, 0.25) is 0 Å². The SMILES string of the molecule is CCCc1cc(N2CCC(Oc3ccc(F)cc3F)CC2)n2ncnc2n1. The van der Waals surface area contributed by atoms with Crippen LogP contribution in [-0.2, 0) is 6.42 Å². The molecule has 3 aromatic rings. The second-order valence-electron chi connectivity index (χ2n) is 6.71. The number of anilines is 1. The van der Waals surface area contributed by atoms with Crippen molar-refractivity contribution in [1.82, 2.24) is 19.6 Å². The maximum Gasteiger partial charge on any atom is 0.254 e. The lowest BCUT2D eigenvalue weighted by atomic mass is 10.1. The molecule has 1 fully saturated rings. The number of benzene rings is 1. The van der Waals surface area contributed by atoms with Gasteiger partial charge in [0.15, 0.2) is 11.6 Å². The van der Waals surface area contributed by atoms with Crippen molar-refractivity contribution in [3.8, 4) is 5.75 Å². The lowest BCUT2D eigenvalue weighted by Gasteiger charge is -2.33. The Morgan fingerprint density at radius 1 is 1.19 bits per heavy atom. The second-order valence-corrected chi connectivity index (χ2v) is 6.71. The highest BCUT2D eigenvalue weighted by Gasteiger charge is 2.24. The molecule has 6 nitrogen and oxygen atoms in total. The number of hydrogen-bond donors (Lipinski definition) is 0. The van der Waals surface area contributed by atoms with Crippen molar-refractivity contribution in [2.24, 2.45) is 0 Å². The van der Waals surface area contributed by atoms with Crippen molar-refractivity contribution in [2.45, 2.75) is 38.7 Å². The minimum Gasteiger partial charge on any atom is -0.487 e. The van der Waals surface area contributed by atoms with Crippen molar-refractivity contribution in [1.29, 1.82) is 0 Å². The molecule has 8 heteroatoms. The summed E-state index contributed by atoms with van der Waals surface area (Å²) in [5.41, 5.74) is 1.000. The summed E-state index contributed by atoms with van der Waals surface area (Å²) in [5, 5.41) is 4.29. The van der Waals surface area contributed by atoms with Crippen molar-refractivity contribution >= 4 is 11.6 Å². The van der Waals surface area contributed by atoms with E-state index in [0.29, 0.717) is 5.78 Å². The van der Waals surface area contributed by atoms with Gasteiger partial charge in [-0.2, -0.15) is 14.6 Å². The second kappa shape index (κ2) is 7.46. The summed E-state index contributed by atoms with van der Waals surface area (Å²) in [6, 6.07) is 5.46. The molecular weight excluding hydrogens is 352 g/mol. The average molecular weight is 373 g/mol. The molecule has 1 aliphatic heterocycles. The largest absolute Gasteiger partial charge is 0.487 e. The molecular formula is C19H21F2N5O. The Morgan fingerprint density at radius 3 is 2.74 bits per heavy atom. The standard InChI is InChI=1S/C19H21F2N5O/c1-2-3-14-11-18(26-19(24-14)22-12-23-26)25-8-6-15(7-9-25)27-17-5-4-13(20)10-16(17)21/h4-5,10-12,15H,2-3,6-9H2,1H3. The first-order valence-electron chi connectivity index (χ1n) is 9.20. The Hall–Kier alpha value is -2.77. The zero-order valence-electron chi connectivity index (χ0n) is 15.1. The molecule has 2 aromatic heterocycles. The van der Waals surface area contributed by atoms with Crippen LogP contribution in [0.1, 0.15) is 31.9 Å². The monoisotopic (exact) mass is 373 g/mol. The van der Waals surface area contributed by atoms with Crippen LogP contribution in [-0.4, -0.2) is 38.8 Å². The van der Waals surface area contributed by atoms with E-state index in [4.69, 9.17) is 4.74 Å². The van der Waals surface area contributed by atoms with Crippen LogP contribution in [0, 0.1) is 11.6 Å². The highest BCUT2D eigenvalue weighted by Crippen LogP contribution is 2.26. The van der Waals surface area contributed by atoms with Gasteiger partial charge in [-0.05, 0) is 18.6 Å². The van der Waals surface area contributed by atoms with Crippen molar-refractivity contribution in [2.75, 3.05) is 18.0 Å². The minimum atomic E-state index is -0.667. The van der Waals surface area contributed by atoms with E-state index in [1.54, 1.807) is 4.52 Å². The molecule has 0 amide bonds. The molecule has 4 rings (SSSR count). The molecule has 0 spiro atoms. The van der Waals surface area contributed by atoms with Crippen LogP contribution in [0.5, 0.6) is 5.75 Å². The van der Waals surface area contributed by atoms with Gasteiger partial charge in [0.2, 0.25) is 0 Å². The zero-order valence-corrected chi connectivity index (χ0v) is 15.1. The number of nitrogens with zero attached hydrogens (tertiary/aromatic N) is 5. The first-order chi connectivity index (χ1) is 13.1. The number of ether oxygens (including phenoxy) is 1. The van der Waals surface area contributed by atoms with E-state index in [1.165, 1.54) is 18.5 Å². The summed E-state index contributed by atoms with van der Waals surface area (Å²) in [6.45, 7) is 3.61. The lowest BCUT2D eigenvalue weighted by Crippen LogP contribution is -2.39. The summed E-state index contributed by atoms with van der Waals surface area (Å²) in [7, 11) is 0. The molecule has 0 aliphatic carbocycles. The molecule has 0 saturated carbocycles. The Kier molecular flexibility index (Phi) is 4.87. The first kappa shape index (κ1) is 17.6. The Morgan fingerprint density at radius 2 is 2.00 bits per heavy atom. The van der Waals surface area contributed by atoms with Crippen molar-refractivity contribution in [3.05, 3.63) is 47.9 Å². The predicted molar refractivity (Wildman–Crippen MR) is 97.0 cm³/mol. The van der Waals surface area contributed by atoms with Gasteiger partial charge in [0.05, 0.1) is 0 Å². The Balaban J connectivity index is 1.47.